The van der Waals surface area contributed by atoms with Gasteiger partial charge in [0.05, 0.1) is 32.6 Å². The third-order valence-corrected chi connectivity index (χ3v) is 10.2. The van der Waals surface area contributed by atoms with Crippen LogP contribution in [0.1, 0.15) is 52.6 Å². The Bertz CT molecular complexity index is 1430. The highest BCUT2D eigenvalue weighted by atomic mass is 32.2. The number of urea groups is 1. The number of anilines is 1. The van der Waals surface area contributed by atoms with Gasteiger partial charge in [-0.3, -0.25) is 0 Å². The maximum absolute atomic E-state index is 13.2. The second-order valence-electron chi connectivity index (χ2n) is 10.2. The molecule has 1 aromatic heterocycles. The van der Waals surface area contributed by atoms with E-state index in [1.165, 1.54) is 17.3 Å². The van der Waals surface area contributed by atoms with Crippen molar-refractivity contribution in [2.75, 3.05) is 25.1 Å². The predicted octanol–water partition coefficient (Wildman–Crippen LogP) is 4.49. The Labute approximate surface area is 233 Å². The van der Waals surface area contributed by atoms with E-state index in [1.54, 1.807) is 6.92 Å². The van der Waals surface area contributed by atoms with Crippen molar-refractivity contribution in [1.29, 1.82) is 0 Å². The number of nitrogens with zero attached hydrogens (tertiary/aromatic N) is 2. The van der Waals surface area contributed by atoms with Crippen LogP contribution in [-0.2, 0) is 57.3 Å². The van der Waals surface area contributed by atoms with Crippen LogP contribution in [0, 0.1) is 0 Å². The van der Waals surface area contributed by atoms with Gasteiger partial charge in [0.25, 0.3) is 0 Å². The highest BCUT2D eigenvalue weighted by molar-refractivity contribution is 7.93. The van der Waals surface area contributed by atoms with Crippen LogP contribution in [-0.4, -0.2) is 40.2 Å². The fourth-order valence-corrected chi connectivity index (χ4v) is 7.22. The molecule has 2 aliphatic rings. The number of amides is 2. The van der Waals surface area contributed by atoms with Crippen LogP contribution in [0.4, 0.5) is 10.5 Å². The number of nitrogens with two attached hydrogens (primary N) is 1. The summed E-state index contributed by atoms with van der Waals surface area (Å²) in [5.74, 6) is 0. The number of aromatic nitrogens is 1. The number of hydrogen-bond donors (Lipinski definition) is 3. The Hall–Kier alpha value is -2.67. The number of nitrogens with one attached hydrogen (secondary N) is 1. The van der Waals surface area contributed by atoms with E-state index in [2.05, 4.69) is 20.7 Å². The van der Waals surface area contributed by atoms with Gasteiger partial charge in [0, 0.05) is 5.69 Å². The molecule has 0 spiro atoms. The molecule has 0 saturated carbocycles. The first-order valence-electron chi connectivity index (χ1n) is 13.1. The van der Waals surface area contributed by atoms with E-state index in [1.807, 2.05) is 30.3 Å². The van der Waals surface area contributed by atoms with Gasteiger partial charge in [-0.05, 0) is 73.3 Å². The summed E-state index contributed by atoms with van der Waals surface area (Å²) in [5, 5.41) is 20.1. The molecular formula is C28H34N4O5S2. The summed E-state index contributed by atoms with van der Waals surface area (Å²) in [5.41, 5.74) is 5.32. The summed E-state index contributed by atoms with van der Waals surface area (Å²) in [6, 6.07) is 11.4. The van der Waals surface area contributed by atoms with Crippen molar-refractivity contribution in [2.24, 2.45) is 9.50 Å². The number of benzene rings is 2. The van der Waals surface area contributed by atoms with Gasteiger partial charge >= 0.3 is 6.03 Å². The molecule has 0 bridgehead atoms. The molecule has 4 N–H and O–H groups in total. The molecule has 2 unspecified atom stereocenters. The lowest BCUT2D eigenvalue weighted by Crippen LogP contribution is -2.28. The molecule has 0 fully saturated rings. The molecule has 11 heteroatoms. The Kier molecular flexibility index (Phi) is 8.46. The zero-order valence-corrected chi connectivity index (χ0v) is 23.6. The maximum atomic E-state index is 13.2. The zero-order chi connectivity index (χ0) is 27.5. The summed E-state index contributed by atoms with van der Waals surface area (Å²) in [6.45, 7) is 2.65. The molecule has 0 saturated heterocycles. The van der Waals surface area contributed by atoms with Crippen LogP contribution in [0.15, 0.2) is 51.2 Å². The lowest BCUT2D eigenvalue weighted by Gasteiger charge is -2.20. The quantitative estimate of drug-likeness (QED) is 0.307. The summed E-state index contributed by atoms with van der Waals surface area (Å²) in [7, 11) is -3.56. The number of fused-ring (bicyclic) bond motifs is 2. The molecule has 208 valence electrons. The number of aryl methyl sites for hydroxylation is 2. The minimum atomic E-state index is -3.56. The van der Waals surface area contributed by atoms with Gasteiger partial charge in [-0.1, -0.05) is 36.4 Å². The molecule has 5 rings (SSSR count). The average Bonchev–Trinajstić information content (AvgIpc) is 3.67. The Morgan fingerprint density at radius 2 is 1.79 bits per heavy atom. The molecule has 2 aliphatic carbocycles. The van der Waals surface area contributed by atoms with E-state index in [4.69, 9.17) is 14.6 Å². The summed E-state index contributed by atoms with van der Waals surface area (Å²) in [6.07, 6.45) is 7.23. The van der Waals surface area contributed by atoms with Crippen molar-refractivity contribution in [1.82, 2.24) is 4.98 Å². The topological polar surface area (TPSA) is 136 Å². The van der Waals surface area contributed by atoms with Crippen molar-refractivity contribution in [3.63, 3.8) is 0 Å². The highest BCUT2D eigenvalue weighted by Crippen LogP contribution is 2.38. The second kappa shape index (κ2) is 11.8. The van der Waals surface area contributed by atoms with Crippen LogP contribution in [0.3, 0.4) is 0 Å². The predicted molar refractivity (Wildman–Crippen MR) is 151 cm³/mol. The normalized spacial score (nSPS) is 17.2. The fourth-order valence-electron chi connectivity index (χ4n) is 5.12. The lowest BCUT2D eigenvalue weighted by molar-refractivity contribution is -0.0528. The van der Waals surface area contributed by atoms with Gasteiger partial charge in [0.15, 0.2) is 9.92 Å². The van der Waals surface area contributed by atoms with E-state index in [0.29, 0.717) is 13.2 Å². The van der Waals surface area contributed by atoms with Crippen molar-refractivity contribution >= 4 is 33.0 Å². The zero-order valence-electron chi connectivity index (χ0n) is 22.0. The first-order chi connectivity index (χ1) is 18.7. The minimum Gasteiger partial charge on any atom is -0.381 e. The third kappa shape index (κ3) is 6.56. The number of ether oxygens (including phenoxy) is 2. The van der Waals surface area contributed by atoms with Crippen LogP contribution in [0.25, 0.3) is 0 Å². The standard InChI is InChI=1S/C28H34N4O5S2/c1-28(34,18-37-14-13-36-17-19-7-3-2-4-8-19)26-30-16-24(38-26)39(29,35)32-27(33)31-25-22-11-5-9-20(22)15-21-10-6-12-23(21)25/h2-4,7-8,15-16,34H,5-6,9-14,17-18H2,1H3,(H3,29,31,32,33,35). The monoisotopic (exact) mass is 570 g/mol. The second-order valence-corrected chi connectivity index (χ2v) is 13.2. The molecule has 3 aromatic rings. The Balaban J connectivity index is 1.19. The van der Waals surface area contributed by atoms with Gasteiger partial charge in [0.2, 0.25) is 0 Å². The number of rotatable bonds is 10. The van der Waals surface area contributed by atoms with E-state index in [9.17, 15) is 14.1 Å². The maximum Gasteiger partial charge on any atom is 0.354 e. The highest BCUT2D eigenvalue weighted by Gasteiger charge is 2.29. The molecule has 2 amide bonds. The van der Waals surface area contributed by atoms with E-state index < -0.39 is 21.5 Å². The van der Waals surface area contributed by atoms with Gasteiger partial charge in [-0.15, -0.1) is 15.7 Å². The van der Waals surface area contributed by atoms with Gasteiger partial charge in [-0.25, -0.2) is 19.1 Å². The first-order valence-corrected chi connectivity index (χ1v) is 15.5. The van der Waals surface area contributed by atoms with Gasteiger partial charge < -0.3 is 19.9 Å². The van der Waals surface area contributed by atoms with Crippen molar-refractivity contribution in [3.8, 4) is 0 Å². The summed E-state index contributed by atoms with van der Waals surface area (Å²) in [4.78, 5) is 17.1. The van der Waals surface area contributed by atoms with Crippen molar-refractivity contribution < 1.29 is 23.6 Å². The molecule has 39 heavy (non-hydrogen) atoms. The lowest BCUT2D eigenvalue weighted by atomic mass is 9.99. The number of carbonyl (C=O) groups excluding carboxylic acids is 1. The smallest absolute Gasteiger partial charge is 0.354 e. The molecule has 1 heterocycles. The Morgan fingerprint density at radius 3 is 2.49 bits per heavy atom. The van der Waals surface area contributed by atoms with Crippen molar-refractivity contribution in [2.45, 2.75) is 61.9 Å². The Morgan fingerprint density at radius 1 is 1.13 bits per heavy atom. The van der Waals surface area contributed by atoms with Crippen LogP contribution in [0.2, 0.25) is 0 Å². The first kappa shape index (κ1) is 27.9. The van der Waals surface area contributed by atoms with Crippen molar-refractivity contribution in [3.05, 3.63) is 75.4 Å². The third-order valence-electron chi connectivity index (χ3n) is 7.02. The average molecular weight is 571 g/mol. The minimum absolute atomic E-state index is 0.0394. The molecule has 0 aliphatic heterocycles. The van der Waals surface area contributed by atoms with E-state index in [0.717, 1.165) is 72.2 Å². The number of carbonyl (C=O) groups is 1. The fraction of sp³-hybridized carbons (Fsp3) is 0.429. The number of aliphatic hydroxyl groups is 1. The van der Waals surface area contributed by atoms with Gasteiger partial charge in [-0.2, -0.15) is 0 Å². The van der Waals surface area contributed by atoms with Crippen LogP contribution < -0.4 is 10.5 Å². The largest absolute Gasteiger partial charge is 0.381 e. The number of hydrogen-bond acceptors (Lipinski definition) is 7. The number of thiazole rings is 1. The van der Waals surface area contributed by atoms with E-state index in [-0.39, 0.29) is 22.4 Å². The summed E-state index contributed by atoms with van der Waals surface area (Å²) >= 11 is 0.954. The summed E-state index contributed by atoms with van der Waals surface area (Å²) < 4.78 is 28.4. The molecular weight excluding hydrogens is 536 g/mol. The SMILES string of the molecule is CC(O)(COCCOCc1ccccc1)c1ncc(S(N)(=O)=NC(=O)Nc2c3c(cc4c2CCC4)CCC3)s1. The van der Waals surface area contributed by atoms with Gasteiger partial charge in [0.1, 0.15) is 14.8 Å². The van der Waals surface area contributed by atoms with E-state index >= 15 is 0 Å². The van der Waals surface area contributed by atoms with Crippen LogP contribution >= 0.6 is 11.3 Å². The van der Waals surface area contributed by atoms with Crippen LogP contribution in [0.5, 0.6) is 0 Å². The molecule has 0 radical (unpaired) electrons. The molecule has 2 aromatic carbocycles. The molecule has 2 atom stereocenters. The molecule has 9 nitrogen and oxygen atoms in total.